The fraction of sp³-hybridized carbons (Fsp3) is 0.690. The van der Waals surface area contributed by atoms with Gasteiger partial charge < -0.3 is 24.8 Å². The molecule has 0 aliphatic carbocycles. The van der Waals surface area contributed by atoms with Crippen LogP contribution in [0.25, 0.3) is 0 Å². The minimum atomic E-state index is -0.624. The van der Waals surface area contributed by atoms with E-state index in [2.05, 4.69) is 83.7 Å². The van der Waals surface area contributed by atoms with Crippen LogP contribution in [-0.4, -0.2) is 62.8 Å². The van der Waals surface area contributed by atoms with E-state index in [-0.39, 0.29) is 17.2 Å². The number of nitrogens with one attached hydrogen (secondary N) is 2. The lowest BCUT2D eigenvalue weighted by molar-refractivity contribution is -0.829. The van der Waals surface area contributed by atoms with Gasteiger partial charge in [0.2, 0.25) is 0 Å². The molecule has 1 aliphatic rings. The molecular formula is C58H96N3O5+. The third kappa shape index (κ3) is 21.0. The SMILES string of the molecule is CCCCCCCCCCCCCCOc1ccc(C(=O)NCC2(CNC(=O)c3ccc(OCCCCCCCCCCCC)c(OC)c3)C=C[N+](CCC)(CCC)C=C2)cc1C(C)(C)C. The molecule has 3 rings (SSSR count). The average molecular weight is 915 g/mol. The van der Waals surface area contributed by atoms with Crippen molar-refractivity contribution in [2.45, 2.75) is 208 Å². The van der Waals surface area contributed by atoms with E-state index in [1.807, 2.05) is 24.3 Å². The summed E-state index contributed by atoms with van der Waals surface area (Å²) >= 11 is 0. The number of methoxy groups -OCH3 is 1. The minimum absolute atomic E-state index is 0.146. The molecule has 8 heteroatoms. The van der Waals surface area contributed by atoms with Gasteiger partial charge in [0, 0.05) is 29.8 Å². The van der Waals surface area contributed by atoms with Gasteiger partial charge in [-0.3, -0.25) is 14.1 Å². The first kappa shape index (κ1) is 56.5. The van der Waals surface area contributed by atoms with Gasteiger partial charge in [-0.2, -0.15) is 0 Å². The molecule has 1 heterocycles. The van der Waals surface area contributed by atoms with Gasteiger partial charge in [-0.15, -0.1) is 0 Å². The number of rotatable bonds is 37. The van der Waals surface area contributed by atoms with Crippen molar-refractivity contribution in [3.63, 3.8) is 0 Å². The van der Waals surface area contributed by atoms with Crippen LogP contribution in [-0.2, 0) is 5.41 Å². The Morgan fingerprint density at radius 3 is 1.32 bits per heavy atom. The van der Waals surface area contributed by atoms with Crippen LogP contribution in [0.2, 0.25) is 0 Å². The molecule has 0 bridgehead atoms. The lowest BCUT2D eigenvalue weighted by atomic mass is 9.84. The summed E-state index contributed by atoms with van der Waals surface area (Å²) in [6.45, 7) is 19.4. The van der Waals surface area contributed by atoms with Crippen molar-refractivity contribution >= 4 is 11.8 Å². The molecule has 0 saturated heterocycles. The molecule has 0 aromatic heterocycles. The van der Waals surface area contributed by atoms with Crippen LogP contribution in [0.1, 0.15) is 229 Å². The van der Waals surface area contributed by atoms with Crippen LogP contribution in [0, 0.1) is 5.41 Å². The van der Waals surface area contributed by atoms with Crippen molar-refractivity contribution in [3.05, 3.63) is 77.6 Å². The smallest absolute Gasteiger partial charge is 0.251 e. The third-order valence-electron chi connectivity index (χ3n) is 13.3. The summed E-state index contributed by atoms with van der Waals surface area (Å²) in [6.07, 6.45) is 39.4. The van der Waals surface area contributed by atoms with Crippen molar-refractivity contribution in [2.75, 3.05) is 46.5 Å². The van der Waals surface area contributed by atoms with Crippen LogP contribution in [0.15, 0.2) is 61.0 Å². The Balaban J connectivity index is 1.59. The first-order valence-electron chi connectivity index (χ1n) is 26.9. The van der Waals surface area contributed by atoms with E-state index in [9.17, 15) is 9.59 Å². The molecule has 0 fully saturated rings. The molecule has 2 N–H and O–H groups in total. The van der Waals surface area contributed by atoms with Crippen molar-refractivity contribution < 1.29 is 28.3 Å². The first-order valence-corrected chi connectivity index (χ1v) is 26.9. The predicted octanol–water partition coefficient (Wildman–Crippen LogP) is 15.2. The number of hydrogen-bond donors (Lipinski definition) is 2. The van der Waals surface area contributed by atoms with E-state index < -0.39 is 5.41 Å². The average Bonchev–Trinajstić information content (AvgIpc) is 3.31. The molecular weight excluding hydrogens is 819 g/mol. The van der Waals surface area contributed by atoms with Crippen molar-refractivity contribution in [1.82, 2.24) is 10.6 Å². The second-order valence-electron chi connectivity index (χ2n) is 20.4. The van der Waals surface area contributed by atoms with Gasteiger partial charge in [-0.05, 0) is 79.6 Å². The Kier molecular flexibility index (Phi) is 27.5. The Morgan fingerprint density at radius 1 is 0.515 bits per heavy atom. The number of carbonyl (C=O) groups is 2. The molecule has 0 saturated carbocycles. The Labute approximate surface area is 404 Å². The summed E-state index contributed by atoms with van der Waals surface area (Å²) in [6, 6.07) is 11.2. The van der Waals surface area contributed by atoms with E-state index >= 15 is 0 Å². The third-order valence-corrected chi connectivity index (χ3v) is 13.3. The van der Waals surface area contributed by atoms with E-state index in [0.29, 0.717) is 48.9 Å². The lowest BCUT2D eigenvalue weighted by Crippen LogP contribution is -2.48. The monoisotopic (exact) mass is 915 g/mol. The second-order valence-corrected chi connectivity index (χ2v) is 20.4. The summed E-state index contributed by atoms with van der Waals surface area (Å²) in [5.41, 5.74) is 1.30. The van der Waals surface area contributed by atoms with Crippen molar-refractivity contribution in [2.24, 2.45) is 5.41 Å². The van der Waals surface area contributed by atoms with Crippen LogP contribution in [0.5, 0.6) is 17.2 Å². The second kappa shape index (κ2) is 32.1. The van der Waals surface area contributed by atoms with E-state index in [0.717, 1.165) is 61.0 Å². The number of unbranched alkanes of at least 4 members (excludes halogenated alkanes) is 20. The van der Waals surface area contributed by atoms with Gasteiger partial charge in [-0.25, -0.2) is 0 Å². The number of hydrogen-bond acceptors (Lipinski definition) is 5. The van der Waals surface area contributed by atoms with Crippen LogP contribution in [0.3, 0.4) is 0 Å². The lowest BCUT2D eigenvalue weighted by Gasteiger charge is -2.38. The van der Waals surface area contributed by atoms with Crippen LogP contribution >= 0.6 is 0 Å². The van der Waals surface area contributed by atoms with Gasteiger partial charge in [0.25, 0.3) is 11.8 Å². The Bertz CT molecular complexity index is 1690. The first-order chi connectivity index (χ1) is 31.9. The molecule has 0 atom stereocenters. The number of nitrogens with zero attached hydrogens (tertiary/aromatic N) is 1. The molecule has 0 spiro atoms. The van der Waals surface area contributed by atoms with E-state index in [4.69, 9.17) is 14.2 Å². The molecule has 2 aromatic carbocycles. The number of benzene rings is 2. The maximum atomic E-state index is 14.0. The zero-order valence-corrected chi connectivity index (χ0v) is 43.5. The van der Waals surface area contributed by atoms with Gasteiger partial charge in [0.1, 0.15) is 5.75 Å². The summed E-state index contributed by atoms with van der Waals surface area (Å²) in [5.74, 6) is 1.70. The standard InChI is InChI=1S/C58H95N3O5/c1-9-13-15-17-19-21-23-24-26-27-29-31-43-65-52-35-33-49(45-51(52)57(5,6)7)55(62)59-47-58(37-41-61(39-11-3,40-12-4)42-38-58)48-60-56(63)50-34-36-53(54(46-50)64-8)66-44-32-30-28-25-22-20-18-16-14-10-2/h33-38,41-42,45-46H,9-32,39-40,43-44,47-48H2,1-8H3,(H-,59,60,62,63)/p+1. The van der Waals surface area contributed by atoms with E-state index in [1.54, 1.807) is 19.2 Å². The van der Waals surface area contributed by atoms with Crippen LogP contribution in [0.4, 0.5) is 0 Å². The molecule has 66 heavy (non-hydrogen) atoms. The normalized spacial score (nSPS) is 14.0. The highest BCUT2D eigenvalue weighted by molar-refractivity contribution is 5.95. The minimum Gasteiger partial charge on any atom is -0.493 e. The molecule has 2 aromatic rings. The summed E-state index contributed by atoms with van der Waals surface area (Å²) in [7, 11) is 1.61. The molecule has 8 nitrogen and oxygen atoms in total. The topological polar surface area (TPSA) is 85.9 Å². The van der Waals surface area contributed by atoms with Gasteiger partial charge in [0.15, 0.2) is 11.5 Å². The number of carbonyl (C=O) groups excluding carboxylic acids is 2. The van der Waals surface area contributed by atoms with Gasteiger partial charge in [-0.1, -0.05) is 177 Å². The molecule has 0 radical (unpaired) electrons. The highest BCUT2D eigenvalue weighted by Gasteiger charge is 2.35. The summed E-state index contributed by atoms with van der Waals surface area (Å²) in [4.78, 5) is 27.8. The quantitative estimate of drug-likeness (QED) is 0.0521. The molecule has 1 aliphatic heterocycles. The van der Waals surface area contributed by atoms with Gasteiger partial charge >= 0.3 is 0 Å². The molecule has 0 unspecified atom stereocenters. The maximum absolute atomic E-state index is 14.0. The molecule has 2 amide bonds. The fourth-order valence-corrected chi connectivity index (χ4v) is 9.14. The highest BCUT2D eigenvalue weighted by atomic mass is 16.5. The summed E-state index contributed by atoms with van der Waals surface area (Å²) < 4.78 is 18.9. The summed E-state index contributed by atoms with van der Waals surface area (Å²) in [5, 5.41) is 6.46. The maximum Gasteiger partial charge on any atom is 0.251 e. The number of ether oxygens (including phenoxy) is 3. The largest absolute Gasteiger partial charge is 0.493 e. The zero-order valence-electron chi connectivity index (χ0n) is 43.5. The van der Waals surface area contributed by atoms with E-state index in [1.165, 1.54) is 122 Å². The predicted molar refractivity (Wildman–Crippen MR) is 278 cm³/mol. The zero-order chi connectivity index (χ0) is 47.9. The van der Waals surface area contributed by atoms with Crippen molar-refractivity contribution in [3.8, 4) is 17.2 Å². The fourth-order valence-electron chi connectivity index (χ4n) is 9.14. The number of amides is 2. The van der Waals surface area contributed by atoms with Crippen LogP contribution < -0.4 is 24.8 Å². The van der Waals surface area contributed by atoms with Crippen molar-refractivity contribution in [1.29, 1.82) is 0 Å². The Hall–Kier alpha value is -3.78. The molecule has 372 valence electrons. The highest BCUT2D eigenvalue weighted by Crippen LogP contribution is 2.34. The number of quaternary nitrogens is 1. The van der Waals surface area contributed by atoms with Gasteiger partial charge in [0.05, 0.1) is 51.2 Å². The Morgan fingerprint density at radius 2 is 0.909 bits per heavy atom.